The summed E-state index contributed by atoms with van der Waals surface area (Å²) in [5.74, 6) is 0.868. The number of hydrogen-bond donors (Lipinski definition) is 0. The predicted octanol–water partition coefficient (Wildman–Crippen LogP) is 4.62. The van der Waals surface area contributed by atoms with Crippen molar-refractivity contribution in [2.75, 3.05) is 0 Å². The second kappa shape index (κ2) is 5.10. The second-order valence-electron chi connectivity index (χ2n) is 6.08. The maximum atomic E-state index is 12.3. The summed E-state index contributed by atoms with van der Waals surface area (Å²) in [6.07, 6.45) is 0. The van der Waals surface area contributed by atoms with E-state index in [0.717, 1.165) is 11.1 Å². The van der Waals surface area contributed by atoms with Crippen LogP contribution in [-0.4, -0.2) is 8.42 Å². The molecule has 2 nitrogen and oxygen atoms in total. The molecule has 1 aromatic carbocycles. The van der Waals surface area contributed by atoms with E-state index in [0.29, 0.717) is 15.7 Å². The molecule has 0 saturated heterocycles. The minimum absolute atomic E-state index is 0. The van der Waals surface area contributed by atoms with E-state index in [-0.39, 0.29) is 24.2 Å². The SMILES string of the molecule is CC(C)c1c2cc(c(C(C)C)c1C(C)C)S2(=O)=O.Cl. The zero-order valence-electron chi connectivity index (χ0n) is 12.4. The van der Waals surface area contributed by atoms with Crippen LogP contribution in [-0.2, 0) is 9.84 Å². The van der Waals surface area contributed by atoms with Gasteiger partial charge in [-0.05, 0) is 40.5 Å². The first-order valence-electron chi connectivity index (χ1n) is 6.65. The third-order valence-electron chi connectivity index (χ3n) is 3.68. The Hall–Kier alpha value is -0.540. The van der Waals surface area contributed by atoms with Gasteiger partial charge in [-0.25, -0.2) is 8.42 Å². The van der Waals surface area contributed by atoms with Gasteiger partial charge in [-0.3, -0.25) is 0 Å². The smallest absolute Gasteiger partial charge is 0.207 e. The van der Waals surface area contributed by atoms with Gasteiger partial charge in [0.05, 0.1) is 9.79 Å². The van der Waals surface area contributed by atoms with E-state index in [1.54, 1.807) is 0 Å². The summed E-state index contributed by atoms with van der Waals surface area (Å²) in [5.41, 5.74) is 3.36. The fraction of sp³-hybridized carbons (Fsp3) is 0.600. The lowest BCUT2D eigenvalue weighted by Crippen LogP contribution is -2.24. The standard InChI is InChI=1S/C15H22O2S.ClH/c1-8(2)13-11-7-12(18(11,16)17)14(9(3)4)15(13)10(5)6;/h7-10H,1-6H3;1H. The van der Waals surface area contributed by atoms with Crippen LogP contribution in [0.1, 0.15) is 76.0 Å². The normalized spacial score (nSPS) is 15.6. The molecule has 0 amide bonds. The Balaban J connectivity index is 0.00000180. The molecule has 19 heavy (non-hydrogen) atoms. The summed E-state index contributed by atoms with van der Waals surface area (Å²) in [4.78, 5) is 1.14. The molecule has 2 aliphatic rings. The summed E-state index contributed by atoms with van der Waals surface area (Å²) in [7, 11) is -3.14. The summed E-state index contributed by atoms with van der Waals surface area (Å²) in [5, 5.41) is 0. The highest BCUT2D eigenvalue weighted by Gasteiger charge is 2.40. The topological polar surface area (TPSA) is 34.1 Å². The van der Waals surface area contributed by atoms with Crippen molar-refractivity contribution in [2.24, 2.45) is 0 Å². The lowest BCUT2D eigenvalue weighted by Gasteiger charge is -2.33. The first-order chi connectivity index (χ1) is 8.19. The average molecular weight is 303 g/mol. The van der Waals surface area contributed by atoms with Crippen molar-refractivity contribution >= 4 is 22.2 Å². The molecule has 0 aromatic heterocycles. The summed E-state index contributed by atoms with van der Waals surface area (Å²) < 4.78 is 24.5. The Morgan fingerprint density at radius 2 is 1.05 bits per heavy atom. The van der Waals surface area contributed by atoms with Gasteiger partial charge >= 0.3 is 0 Å². The van der Waals surface area contributed by atoms with E-state index in [9.17, 15) is 8.42 Å². The molecular weight excluding hydrogens is 280 g/mol. The van der Waals surface area contributed by atoms with Gasteiger partial charge in [0.1, 0.15) is 0 Å². The van der Waals surface area contributed by atoms with Gasteiger partial charge in [-0.1, -0.05) is 41.5 Å². The number of benzene rings is 1. The van der Waals surface area contributed by atoms with Crippen molar-refractivity contribution in [3.8, 4) is 0 Å². The molecule has 2 aliphatic heterocycles. The molecule has 2 bridgehead atoms. The van der Waals surface area contributed by atoms with Crippen LogP contribution in [0.15, 0.2) is 15.9 Å². The van der Waals surface area contributed by atoms with Gasteiger partial charge in [0.25, 0.3) is 0 Å². The number of halogens is 1. The molecule has 0 aliphatic carbocycles. The molecule has 4 heteroatoms. The van der Waals surface area contributed by atoms with Crippen LogP contribution in [0.3, 0.4) is 0 Å². The third kappa shape index (κ3) is 2.21. The van der Waals surface area contributed by atoms with Gasteiger partial charge in [-0.2, -0.15) is 0 Å². The number of rotatable bonds is 3. The molecule has 0 spiro atoms. The van der Waals surface area contributed by atoms with E-state index in [4.69, 9.17) is 0 Å². The highest BCUT2D eigenvalue weighted by molar-refractivity contribution is 7.92. The minimum Gasteiger partial charge on any atom is -0.218 e. The average Bonchev–Trinajstić information content (AvgIpc) is 2.26. The zero-order chi connectivity index (χ0) is 13.8. The first kappa shape index (κ1) is 16.5. The first-order valence-corrected chi connectivity index (χ1v) is 8.13. The molecule has 3 rings (SSSR count). The van der Waals surface area contributed by atoms with E-state index in [2.05, 4.69) is 41.5 Å². The minimum atomic E-state index is -3.14. The Bertz CT molecular complexity index is 559. The molecular formula is C15H23ClO2S. The van der Waals surface area contributed by atoms with Crippen LogP contribution in [0.25, 0.3) is 0 Å². The molecule has 1 aromatic rings. The van der Waals surface area contributed by atoms with Gasteiger partial charge in [-0.15, -0.1) is 12.4 Å². The van der Waals surface area contributed by atoms with Gasteiger partial charge in [0.15, 0.2) is 0 Å². The monoisotopic (exact) mass is 302 g/mol. The van der Waals surface area contributed by atoms with Crippen LogP contribution in [0.4, 0.5) is 0 Å². The highest BCUT2D eigenvalue weighted by atomic mass is 35.5. The summed E-state index contributed by atoms with van der Waals surface area (Å²) >= 11 is 0. The van der Waals surface area contributed by atoms with Crippen LogP contribution >= 0.6 is 12.4 Å². The second-order valence-corrected chi connectivity index (χ2v) is 7.97. The Kier molecular flexibility index (Phi) is 4.43. The lowest BCUT2D eigenvalue weighted by atomic mass is 9.83. The van der Waals surface area contributed by atoms with Crippen LogP contribution < -0.4 is 0 Å². The van der Waals surface area contributed by atoms with Crippen molar-refractivity contribution in [3.63, 3.8) is 0 Å². The van der Waals surface area contributed by atoms with E-state index < -0.39 is 9.84 Å². The van der Waals surface area contributed by atoms with Crippen molar-refractivity contribution in [1.82, 2.24) is 0 Å². The van der Waals surface area contributed by atoms with Crippen LogP contribution in [0, 0.1) is 0 Å². The fourth-order valence-electron chi connectivity index (χ4n) is 3.00. The van der Waals surface area contributed by atoms with E-state index in [1.807, 2.05) is 6.07 Å². The fourth-order valence-corrected chi connectivity index (χ4v) is 4.87. The molecule has 108 valence electrons. The zero-order valence-corrected chi connectivity index (χ0v) is 14.1. The van der Waals surface area contributed by atoms with Crippen molar-refractivity contribution in [1.29, 1.82) is 0 Å². The van der Waals surface area contributed by atoms with Crippen molar-refractivity contribution < 1.29 is 8.42 Å². The molecule has 2 heterocycles. The largest absolute Gasteiger partial charge is 0.218 e. The van der Waals surface area contributed by atoms with Crippen LogP contribution in [0.5, 0.6) is 0 Å². The molecule has 0 atom stereocenters. The molecule has 0 radical (unpaired) electrons. The highest BCUT2D eigenvalue weighted by Crippen LogP contribution is 2.48. The number of fused-ring (bicyclic) bond motifs is 2. The van der Waals surface area contributed by atoms with Crippen molar-refractivity contribution in [2.45, 2.75) is 69.1 Å². The number of hydrogen-bond acceptors (Lipinski definition) is 2. The van der Waals surface area contributed by atoms with Crippen LogP contribution in [0.2, 0.25) is 0 Å². The molecule has 0 fully saturated rings. The van der Waals surface area contributed by atoms with E-state index in [1.165, 1.54) is 5.56 Å². The molecule has 0 N–H and O–H groups in total. The summed E-state index contributed by atoms with van der Waals surface area (Å²) in [6.45, 7) is 12.6. The van der Waals surface area contributed by atoms with Gasteiger partial charge in [0.2, 0.25) is 9.84 Å². The molecule has 0 saturated carbocycles. The van der Waals surface area contributed by atoms with Gasteiger partial charge in [0, 0.05) is 0 Å². The quantitative estimate of drug-likeness (QED) is 0.828. The Morgan fingerprint density at radius 3 is 1.26 bits per heavy atom. The maximum Gasteiger partial charge on any atom is 0.207 e. The summed E-state index contributed by atoms with van der Waals surface area (Å²) in [6, 6.07) is 1.87. The lowest BCUT2D eigenvalue weighted by molar-refractivity contribution is 0.575. The molecule has 0 unspecified atom stereocenters. The Labute approximate surface area is 122 Å². The predicted molar refractivity (Wildman–Crippen MR) is 81.4 cm³/mol. The number of sulfone groups is 1. The third-order valence-corrected chi connectivity index (χ3v) is 5.52. The van der Waals surface area contributed by atoms with Gasteiger partial charge < -0.3 is 0 Å². The Morgan fingerprint density at radius 1 is 0.737 bits per heavy atom. The maximum absolute atomic E-state index is 12.3. The van der Waals surface area contributed by atoms with E-state index >= 15 is 0 Å². The van der Waals surface area contributed by atoms with Crippen molar-refractivity contribution in [3.05, 3.63) is 22.8 Å².